The van der Waals surface area contributed by atoms with Crippen molar-refractivity contribution in [3.8, 4) is 0 Å². The smallest absolute Gasteiger partial charge is 0.262 e. The molecule has 1 unspecified atom stereocenters. The lowest BCUT2D eigenvalue weighted by molar-refractivity contribution is 0.355. The Bertz CT molecular complexity index is 714. The highest BCUT2D eigenvalue weighted by molar-refractivity contribution is 7.89. The zero-order chi connectivity index (χ0) is 13.8. The molecule has 3 rings (SSSR count). The SMILES string of the molecule is CC(C1CC1)N(C)S(=O)(=O)c1c(N)nc2sccn12. The highest BCUT2D eigenvalue weighted by Gasteiger charge is 2.38. The van der Waals surface area contributed by atoms with Crippen LogP contribution in [0.1, 0.15) is 19.8 Å². The third-order valence-electron chi connectivity index (χ3n) is 3.74. The third-order valence-corrected chi connectivity index (χ3v) is 6.49. The van der Waals surface area contributed by atoms with Crippen LogP contribution in [0.3, 0.4) is 0 Å². The van der Waals surface area contributed by atoms with Crippen LogP contribution in [0.15, 0.2) is 16.6 Å². The van der Waals surface area contributed by atoms with E-state index in [-0.39, 0.29) is 16.9 Å². The number of nitrogens with zero attached hydrogens (tertiary/aromatic N) is 3. The number of imidazole rings is 1. The fourth-order valence-electron chi connectivity index (χ4n) is 2.27. The topological polar surface area (TPSA) is 80.7 Å². The maximum absolute atomic E-state index is 12.7. The molecular weight excluding hydrogens is 284 g/mol. The number of nitrogens with two attached hydrogens (primary N) is 1. The van der Waals surface area contributed by atoms with Crippen molar-refractivity contribution in [2.45, 2.75) is 30.8 Å². The van der Waals surface area contributed by atoms with Gasteiger partial charge in [0, 0.05) is 24.7 Å². The first-order valence-corrected chi connectivity index (χ1v) is 8.44. The van der Waals surface area contributed by atoms with Gasteiger partial charge in [-0.3, -0.25) is 4.40 Å². The molecule has 19 heavy (non-hydrogen) atoms. The Hall–Kier alpha value is -1.12. The molecule has 0 bridgehead atoms. The van der Waals surface area contributed by atoms with Gasteiger partial charge < -0.3 is 5.73 Å². The van der Waals surface area contributed by atoms with Crippen LogP contribution in [0, 0.1) is 5.92 Å². The van der Waals surface area contributed by atoms with Crippen LogP contribution >= 0.6 is 11.3 Å². The Labute approximate surface area is 115 Å². The molecule has 1 aliphatic carbocycles. The van der Waals surface area contributed by atoms with Crippen LogP contribution in [0.25, 0.3) is 4.96 Å². The zero-order valence-electron chi connectivity index (χ0n) is 10.8. The second-order valence-electron chi connectivity index (χ2n) is 4.96. The molecule has 1 aliphatic rings. The Balaban J connectivity index is 2.08. The number of fused-ring (bicyclic) bond motifs is 1. The maximum atomic E-state index is 12.7. The van der Waals surface area contributed by atoms with Gasteiger partial charge in [-0.1, -0.05) is 0 Å². The van der Waals surface area contributed by atoms with E-state index in [1.165, 1.54) is 15.6 Å². The quantitative estimate of drug-likeness (QED) is 0.925. The number of nitrogen functional groups attached to an aromatic ring is 1. The van der Waals surface area contributed by atoms with Gasteiger partial charge in [-0.2, -0.15) is 4.31 Å². The van der Waals surface area contributed by atoms with Crippen molar-refractivity contribution < 1.29 is 8.42 Å². The number of hydrogen-bond donors (Lipinski definition) is 1. The molecule has 0 radical (unpaired) electrons. The number of aromatic nitrogens is 2. The van der Waals surface area contributed by atoms with Crippen molar-refractivity contribution in [2.75, 3.05) is 12.8 Å². The van der Waals surface area contributed by atoms with Crippen molar-refractivity contribution >= 4 is 32.1 Å². The van der Waals surface area contributed by atoms with E-state index in [9.17, 15) is 8.42 Å². The average molecular weight is 300 g/mol. The van der Waals surface area contributed by atoms with Gasteiger partial charge in [0.15, 0.2) is 15.8 Å². The molecule has 8 heteroatoms. The largest absolute Gasteiger partial charge is 0.381 e. The Kier molecular flexibility index (Phi) is 2.84. The average Bonchev–Trinajstić information content (AvgIpc) is 3.02. The minimum Gasteiger partial charge on any atom is -0.381 e. The van der Waals surface area contributed by atoms with Gasteiger partial charge in [0.2, 0.25) is 0 Å². The van der Waals surface area contributed by atoms with Gasteiger partial charge in [0.05, 0.1) is 0 Å². The van der Waals surface area contributed by atoms with E-state index in [1.54, 1.807) is 23.0 Å². The van der Waals surface area contributed by atoms with E-state index in [0.29, 0.717) is 10.9 Å². The predicted octanol–water partition coefficient (Wildman–Crippen LogP) is 1.40. The summed E-state index contributed by atoms with van der Waals surface area (Å²) < 4.78 is 28.3. The van der Waals surface area contributed by atoms with Crippen LogP contribution in [0.5, 0.6) is 0 Å². The van der Waals surface area contributed by atoms with Crippen molar-refractivity contribution in [1.82, 2.24) is 13.7 Å². The van der Waals surface area contributed by atoms with Gasteiger partial charge in [0.25, 0.3) is 10.0 Å². The molecule has 1 saturated carbocycles. The number of rotatable bonds is 4. The molecule has 0 saturated heterocycles. The Morgan fingerprint density at radius 2 is 2.26 bits per heavy atom. The van der Waals surface area contributed by atoms with Crippen molar-refractivity contribution in [3.63, 3.8) is 0 Å². The van der Waals surface area contributed by atoms with Gasteiger partial charge in [-0.05, 0) is 25.7 Å². The minimum absolute atomic E-state index is 0.00594. The lowest BCUT2D eigenvalue weighted by atomic mass is 10.2. The van der Waals surface area contributed by atoms with Crippen molar-refractivity contribution in [2.24, 2.45) is 5.92 Å². The monoisotopic (exact) mass is 300 g/mol. The Morgan fingerprint density at radius 3 is 2.89 bits per heavy atom. The molecule has 6 nitrogen and oxygen atoms in total. The zero-order valence-corrected chi connectivity index (χ0v) is 12.4. The van der Waals surface area contributed by atoms with Gasteiger partial charge in [-0.25, -0.2) is 13.4 Å². The van der Waals surface area contributed by atoms with Crippen LogP contribution in [-0.2, 0) is 10.0 Å². The summed E-state index contributed by atoms with van der Waals surface area (Å²) in [5.41, 5.74) is 5.78. The van der Waals surface area contributed by atoms with E-state index >= 15 is 0 Å². The molecule has 1 fully saturated rings. The van der Waals surface area contributed by atoms with Crippen molar-refractivity contribution in [3.05, 3.63) is 11.6 Å². The molecule has 0 aliphatic heterocycles. The second-order valence-corrected chi connectivity index (χ2v) is 7.74. The fraction of sp³-hybridized carbons (Fsp3) is 0.545. The Morgan fingerprint density at radius 1 is 1.58 bits per heavy atom. The van der Waals surface area contributed by atoms with E-state index < -0.39 is 10.0 Å². The standard InChI is InChI=1S/C11H16N4O2S2/c1-7(8-3-4-8)14(2)19(16,17)10-9(12)13-11-15(10)5-6-18-11/h5-8H,3-4,12H2,1-2H3. The number of thiazole rings is 1. The summed E-state index contributed by atoms with van der Waals surface area (Å²) in [4.78, 5) is 4.70. The predicted molar refractivity (Wildman–Crippen MR) is 74.6 cm³/mol. The number of anilines is 1. The van der Waals surface area contributed by atoms with E-state index in [0.717, 1.165) is 12.8 Å². The molecule has 2 heterocycles. The summed E-state index contributed by atoms with van der Waals surface area (Å²) in [6.07, 6.45) is 3.87. The van der Waals surface area contributed by atoms with Crippen molar-refractivity contribution in [1.29, 1.82) is 0 Å². The normalized spacial score (nSPS) is 18.3. The number of sulfonamides is 1. The third kappa shape index (κ3) is 1.94. The van der Waals surface area contributed by atoms with E-state index in [4.69, 9.17) is 5.73 Å². The molecular formula is C11H16N4O2S2. The fourth-order valence-corrected chi connectivity index (χ4v) is 4.64. The van der Waals surface area contributed by atoms with Gasteiger partial charge in [0.1, 0.15) is 0 Å². The molecule has 104 valence electrons. The van der Waals surface area contributed by atoms with Crippen LogP contribution in [-0.4, -0.2) is 35.2 Å². The molecule has 0 spiro atoms. The molecule has 2 aromatic rings. The van der Waals surface area contributed by atoms with Gasteiger partial charge >= 0.3 is 0 Å². The summed E-state index contributed by atoms with van der Waals surface area (Å²) in [5, 5.41) is 1.88. The highest BCUT2D eigenvalue weighted by Crippen LogP contribution is 2.37. The van der Waals surface area contributed by atoms with Crippen LogP contribution in [0.2, 0.25) is 0 Å². The lowest BCUT2D eigenvalue weighted by Crippen LogP contribution is -2.37. The molecule has 0 amide bonds. The summed E-state index contributed by atoms with van der Waals surface area (Å²) in [6, 6.07) is -0.00594. The first-order valence-electron chi connectivity index (χ1n) is 6.12. The summed E-state index contributed by atoms with van der Waals surface area (Å²) in [5.74, 6) is 0.536. The molecule has 2 N–H and O–H groups in total. The van der Waals surface area contributed by atoms with Gasteiger partial charge in [-0.15, -0.1) is 11.3 Å². The molecule has 2 aromatic heterocycles. The van der Waals surface area contributed by atoms with E-state index in [1.807, 2.05) is 6.92 Å². The summed E-state index contributed by atoms with van der Waals surface area (Å²) in [6.45, 7) is 1.94. The van der Waals surface area contributed by atoms with Crippen LogP contribution < -0.4 is 5.73 Å². The lowest BCUT2D eigenvalue weighted by Gasteiger charge is -2.23. The second kappa shape index (κ2) is 4.19. The summed E-state index contributed by atoms with van der Waals surface area (Å²) >= 11 is 1.37. The first-order chi connectivity index (χ1) is 8.93. The minimum atomic E-state index is -3.61. The molecule has 0 aromatic carbocycles. The first kappa shape index (κ1) is 12.9. The molecule has 1 atom stereocenters. The summed E-state index contributed by atoms with van der Waals surface area (Å²) in [7, 11) is -2.00. The van der Waals surface area contributed by atoms with Crippen LogP contribution in [0.4, 0.5) is 5.82 Å². The maximum Gasteiger partial charge on any atom is 0.262 e. The van der Waals surface area contributed by atoms with E-state index in [2.05, 4.69) is 4.98 Å². The number of hydrogen-bond acceptors (Lipinski definition) is 5. The highest BCUT2D eigenvalue weighted by atomic mass is 32.2.